The van der Waals surface area contributed by atoms with Crippen molar-refractivity contribution in [3.63, 3.8) is 0 Å². The highest BCUT2D eigenvalue weighted by atomic mass is 19.4. The summed E-state index contributed by atoms with van der Waals surface area (Å²) in [6.45, 7) is 0.504. The Balaban J connectivity index is 1.78. The topological polar surface area (TPSA) is 89.9 Å². The number of hydrogen-bond donors (Lipinski definition) is 1. The largest absolute Gasteiger partial charge is 0.416 e. The predicted molar refractivity (Wildman–Crippen MR) is 108 cm³/mol. The molecule has 7 nitrogen and oxygen atoms in total. The van der Waals surface area contributed by atoms with Gasteiger partial charge in [-0.3, -0.25) is 9.48 Å². The number of anilines is 1. The van der Waals surface area contributed by atoms with Gasteiger partial charge < -0.3 is 10.6 Å². The number of aromatic nitrogens is 4. The number of rotatable bonds is 3. The van der Waals surface area contributed by atoms with Gasteiger partial charge in [-0.05, 0) is 37.0 Å². The molecule has 162 valence electrons. The highest BCUT2D eigenvalue weighted by Gasteiger charge is 2.34. The Hall–Kier alpha value is -3.43. The number of aryl methyl sites for hydroxylation is 1. The first-order chi connectivity index (χ1) is 14.7. The van der Waals surface area contributed by atoms with Crippen molar-refractivity contribution in [2.45, 2.75) is 31.5 Å². The van der Waals surface area contributed by atoms with E-state index in [1.165, 1.54) is 18.5 Å². The third-order valence-electron chi connectivity index (χ3n) is 5.37. The van der Waals surface area contributed by atoms with E-state index in [2.05, 4.69) is 15.1 Å². The van der Waals surface area contributed by atoms with Crippen molar-refractivity contribution in [3.8, 4) is 11.1 Å². The van der Waals surface area contributed by atoms with Gasteiger partial charge in [0.2, 0.25) is 5.95 Å². The Morgan fingerprint density at radius 3 is 2.74 bits per heavy atom. The molecule has 0 saturated carbocycles. The number of amides is 1. The van der Waals surface area contributed by atoms with Crippen LogP contribution in [0.15, 0.2) is 42.9 Å². The molecule has 2 aromatic heterocycles. The van der Waals surface area contributed by atoms with Crippen LogP contribution in [0.25, 0.3) is 11.1 Å². The Morgan fingerprint density at radius 2 is 2.03 bits per heavy atom. The molecule has 3 heterocycles. The molecule has 0 bridgehead atoms. The molecule has 10 heteroatoms. The molecule has 31 heavy (non-hydrogen) atoms. The zero-order valence-electron chi connectivity index (χ0n) is 16.8. The van der Waals surface area contributed by atoms with Gasteiger partial charge >= 0.3 is 6.18 Å². The summed E-state index contributed by atoms with van der Waals surface area (Å²) < 4.78 is 41.3. The van der Waals surface area contributed by atoms with Crippen LogP contribution in [0.4, 0.5) is 19.1 Å². The molecule has 1 atom stereocenters. The number of alkyl halides is 3. The van der Waals surface area contributed by atoms with E-state index in [-0.39, 0.29) is 11.9 Å². The van der Waals surface area contributed by atoms with Gasteiger partial charge in [0.25, 0.3) is 5.91 Å². The second kappa shape index (κ2) is 8.01. The van der Waals surface area contributed by atoms with E-state index >= 15 is 0 Å². The summed E-state index contributed by atoms with van der Waals surface area (Å²) in [5.74, 6) is -0.199. The van der Waals surface area contributed by atoms with Crippen molar-refractivity contribution in [1.29, 1.82) is 0 Å². The highest BCUT2D eigenvalue weighted by molar-refractivity contribution is 5.94. The molecule has 1 saturated heterocycles. The van der Waals surface area contributed by atoms with Gasteiger partial charge in [0, 0.05) is 31.5 Å². The fraction of sp³-hybridized carbons (Fsp3) is 0.333. The van der Waals surface area contributed by atoms with Crippen molar-refractivity contribution >= 4 is 11.9 Å². The van der Waals surface area contributed by atoms with E-state index in [1.807, 2.05) is 0 Å². The van der Waals surface area contributed by atoms with Gasteiger partial charge in [0.15, 0.2) is 0 Å². The molecule has 0 unspecified atom stereocenters. The summed E-state index contributed by atoms with van der Waals surface area (Å²) in [5, 5.41) is 4.06. The molecule has 1 fully saturated rings. The minimum absolute atomic E-state index is 0.00470. The summed E-state index contributed by atoms with van der Waals surface area (Å²) in [5.41, 5.74) is 6.70. The van der Waals surface area contributed by atoms with Crippen LogP contribution in [-0.2, 0) is 13.2 Å². The second-order valence-electron chi connectivity index (χ2n) is 7.52. The molecule has 1 aliphatic heterocycles. The van der Waals surface area contributed by atoms with Crippen LogP contribution in [0.5, 0.6) is 0 Å². The molecule has 0 aliphatic carbocycles. The molecule has 4 rings (SSSR count). The molecule has 0 spiro atoms. The molecule has 1 aliphatic rings. The van der Waals surface area contributed by atoms with Crippen LogP contribution in [0.2, 0.25) is 0 Å². The van der Waals surface area contributed by atoms with E-state index in [0.29, 0.717) is 35.3 Å². The number of hydrogen-bond acceptors (Lipinski definition) is 5. The minimum atomic E-state index is -4.47. The molecule has 1 amide bonds. The first kappa shape index (κ1) is 20.8. The Bertz CT molecular complexity index is 1110. The standard InChI is InChI=1S/C21H21F3N6O/c1-29-12-14(10-27-29)19(31)30-8-3-2-7-17(30)18-16(11-26-20(25)28-18)13-5-4-6-15(9-13)21(22,23)24/h4-6,9-12,17H,2-3,7-8H2,1H3,(H2,25,26,28)/t17-/m0/s1. The number of halogens is 3. The lowest BCUT2D eigenvalue weighted by Crippen LogP contribution is -2.39. The monoisotopic (exact) mass is 430 g/mol. The lowest BCUT2D eigenvalue weighted by atomic mass is 9.93. The van der Waals surface area contributed by atoms with E-state index < -0.39 is 17.8 Å². The van der Waals surface area contributed by atoms with Crippen molar-refractivity contribution in [1.82, 2.24) is 24.6 Å². The van der Waals surface area contributed by atoms with Crippen LogP contribution in [0, 0.1) is 0 Å². The van der Waals surface area contributed by atoms with Crippen molar-refractivity contribution < 1.29 is 18.0 Å². The number of carbonyl (C=O) groups is 1. The summed E-state index contributed by atoms with van der Waals surface area (Å²) in [7, 11) is 1.72. The first-order valence-electron chi connectivity index (χ1n) is 9.83. The van der Waals surface area contributed by atoms with E-state index in [4.69, 9.17) is 5.73 Å². The number of carbonyl (C=O) groups excluding carboxylic acids is 1. The summed E-state index contributed by atoms with van der Waals surface area (Å²) in [6.07, 6.45) is 2.38. The average Bonchev–Trinajstić information content (AvgIpc) is 3.19. The molecule has 0 radical (unpaired) electrons. The van der Waals surface area contributed by atoms with Gasteiger partial charge in [-0.25, -0.2) is 9.97 Å². The number of nitrogens with two attached hydrogens (primary N) is 1. The van der Waals surface area contributed by atoms with Crippen LogP contribution >= 0.6 is 0 Å². The smallest absolute Gasteiger partial charge is 0.368 e. The maximum Gasteiger partial charge on any atom is 0.416 e. The number of benzene rings is 1. The number of piperidine rings is 1. The third-order valence-corrected chi connectivity index (χ3v) is 5.37. The third kappa shape index (κ3) is 4.23. The van der Waals surface area contributed by atoms with Gasteiger partial charge in [0.05, 0.1) is 29.1 Å². The Morgan fingerprint density at radius 1 is 1.23 bits per heavy atom. The average molecular weight is 430 g/mol. The summed E-state index contributed by atoms with van der Waals surface area (Å²) in [4.78, 5) is 23.2. The maximum atomic E-state index is 13.2. The Kier molecular flexibility index (Phi) is 5.38. The molecular formula is C21H21F3N6O. The first-order valence-corrected chi connectivity index (χ1v) is 9.83. The number of nitrogen functional groups attached to an aromatic ring is 1. The van der Waals surface area contributed by atoms with Crippen LogP contribution < -0.4 is 5.73 Å². The summed E-state index contributed by atoms with van der Waals surface area (Å²) in [6, 6.07) is 4.56. The van der Waals surface area contributed by atoms with E-state index in [0.717, 1.165) is 25.0 Å². The normalized spacial score (nSPS) is 17.0. The van der Waals surface area contributed by atoms with Crippen LogP contribution in [0.3, 0.4) is 0 Å². The van der Waals surface area contributed by atoms with E-state index in [1.54, 1.807) is 28.9 Å². The number of likely N-dealkylation sites (tertiary alicyclic amines) is 1. The van der Waals surface area contributed by atoms with E-state index in [9.17, 15) is 18.0 Å². The van der Waals surface area contributed by atoms with Crippen molar-refractivity contribution in [2.24, 2.45) is 7.05 Å². The molecule has 1 aromatic carbocycles. The van der Waals surface area contributed by atoms with Gasteiger partial charge in [-0.2, -0.15) is 18.3 Å². The van der Waals surface area contributed by atoms with Crippen LogP contribution in [0.1, 0.15) is 46.9 Å². The molecule has 3 aromatic rings. The van der Waals surface area contributed by atoms with Crippen LogP contribution in [-0.4, -0.2) is 37.1 Å². The van der Waals surface area contributed by atoms with Gasteiger partial charge in [-0.15, -0.1) is 0 Å². The molecular weight excluding hydrogens is 409 g/mol. The Labute approximate surface area is 176 Å². The van der Waals surface area contributed by atoms with Crippen molar-refractivity contribution in [2.75, 3.05) is 12.3 Å². The lowest BCUT2D eigenvalue weighted by molar-refractivity contribution is -0.137. The number of nitrogens with zero attached hydrogens (tertiary/aromatic N) is 5. The van der Waals surface area contributed by atoms with Crippen molar-refractivity contribution in [3.05, 3.63) is 59.7 Å². The molecule has 2 N–H and O–H groups in total. The highest BCUT2D eigenvalue weighted by Crippen LogP contribution is 2.38. The van der Waals surface area contributed by atoms with Gasteiger partial charge in [-0.1, -0.05) is 12.1 Å². The second-order valence-corrected chi connectivity index (χ2v) is 7.52. The summed E-state index contributed by atoms with van der Waals surface area (Å²) >= 11 is 0. The zero-order chi connectivity index (χ0) is 22.2. The zero-order valence-corrected chi connectivity index (χ0v) is 16.8. The lowest BCUT2D eigenvalue weighted by Gasteiger charge is -2.36. The quantitative estimate of drug-likeness (QED) is 0.682. The van der Waals surface area contributed by atoms with Gasteiger partial charge in [0.1, 0.15) is 0 Å². The fourth-order valence-corrected chi connectivity index (χ4v) is 3.91. The predicted octanol–water partition coefficient (Wildman–Crippen LogP) is 3.85. The minimum Gasteiger partial charge on any atom is -0.368 e. The fourth-order valence-electron chi connectivity index (χ4n) is 3.91. The SMILES string of the molecule is Cn1cc(C(=O)N2CCCC[C@H]2c2nc(N)ncc2-c2cccc(C(F)(F)F)c2)cn1. The maximum absolute atomic E-state index is 13.2.